The summed E-state index contributed by atoms with van der Waals surface area (Å²) in [5.41, 5.74) is 1.26. The van der Waals surface area contributed by atoms with Crippen molar-refractivity contribution in [1.82, 2.24) is 5.32 Å². The van der Waals surface area contributed by atoms with Crippen LogP contribution in [0.5, 0.6) is 0 Å². The lowest BCUT2D eigenvalue weighted by Crippen LogP contribution is -2.20. The third-order valence-corrected chi connectivity index (χ3v) is 5.41. The van der Waals surface area contributed by atoms with Crippen LogP contribution in [0.25, 0.3) is 0 Å². The number of rotatable bonds is 5. The van der Waals surface area contributed by atoms with E-state index in [2.05, 4.69) is 34.2 Å². The Morgan fingerprint density at radius 2 is 2.00 bits per heavy atom. The molecule has 1 saturated carbocycles. The molecule has 0 heterocycles. The molecule has 0 bridgehead atoms. The van der Waals surface area contributed by atoms with Crippen LogP contribution in [0.1, 0.15) is 44.6 Å². The van der Waals surface area contributed by atoms with Crippen LogP contribution in [0.15, 0.2) is 22.7 Å². The molecule has 1 aromatic rings. The van der Waals surface area contributed by atoms with E-state index in [4.69, 9.17) is 11.6 Å². The highest BCUT2D eigenvalue weighted by atomic mass is 79.9. The Balaban J connectivity index is 1.65. The SMILES string of the molecule is CC1CCC(CCNCc2ccc(Br)c(Cl)c2)CC1. The third kappa shape index (κ3) is 5.09. The topological polar surface area (TPSA) is 12.0 Å². The monoisotopic (exact) mass is 343 g/mol. The Kier molecular flexibility index (Phi) is 6.18. The molecule has 0 aliphatic heterocycles. The standard InChI is InChI=1S/C16H23BrClN/c1-12-2-4-13(5-3-12)8-9-19-11-14-6-7-15(17)16(18)10-14/h6-7,10,12-13,19H,2-5,8-9,11H2,1H3. The van der Waals surface area contributed by atoms with Crippen molar-refractivity contribution in [3.8, 4) is 0 Å². The smallest absolute Gasteiger partial charge is 0.0551 e. The van der Waals surface area contributed by atoms with E-state index in [-0.39, 0.29) is 0 Å². The molecule has 0 radical (unpaired) electrons. The van der Waals surface area contributed by atoms with E-state index in [1.54, 1.807) is 0 Å². The molecule has 0 saturated heterocycles. The maximum Gasteiger partial charge on any atom is 0.0551 e. The Morgan fingerprint density at radius 3 is 2.68 bits per heavy atom. The summed E-state index contributed by atoms with van der Waals surface area (Å²) in [4.78, 5) is 0. The molecule has 1 aromatic carbocycles. The molecule has 0 aromatic heterocycles. The van der Waals surface area contributed by atoms with Gasteiger partial charge in [-0.15, -0.1) is 0 Å². The van der Waals surface area contributed by atoms with Gasteiger partial charge in [0.05, 0.1) is 5.02 Å². The molecular weight excluding hydrogens is 322 g/mol. The molecule has 19 heavy (non-hydrogen) atoms. The number of hydrogen-bond acceptors (Lipinski definition) is 1. The quantitative estimate of drug-likeness (QED) is 0.704. The average molecular weight is 345 g/mol. The third-order valence-electron chi connectivity index (χ3n) is 4.18. The lowest BCUT2D eigenvalue weighted by molar-refractivity contribution is 0.275. The van der Waals surface area contributed by atoms with Crippen molar-refractivity contribution in [2.24, 2.45) is 11.8 Å². The van der Waals surface area contributed by atoms with Crippen molar-refractivity contribution in [2.75, 3.05) is 6.54 Å². The maximum absolute atomic E-state index is 6.09. The summed E-state index contributed by atoms with van der Waals surface area (Å²) in [5, 5.41) is 4.33. The van der Waals surface area contributed by atoms with Gasteiger partial charge in [0.25, 0.3) is 0 Å². The second-order valence-corrected chi connectivity index (χ2v) is 7.10. The highest BCUT2D eigenvalue weighted by molar-refractivity contribution is 9.10. The van der Waals surface area contributed by atoms with Crippen LogP contribution in [0.2, 0.25) is 5.02 Å². The van der Waals surface area contributed by atoms with Crippen molar-refractivity contribution in [3.63, 3.8) is 0 Å². The predicted octanol–water partition coefficient (Wildman–Crippen LogP) is 5.41. The van der Waals surface area contributed by atoms with E-state index in [0.717, 1.165) is 34.4 Å². The molecule has 0 spiro atoms. The van der Waals surface area contributed by atoms with Crippen LogP contribution in [0.4, 0.5) is 0 Å². The van der Waals surface area contributed by atoms with Gasteiger partial charge in [-0.2, -0.15) is 0 Å². The van der Waals surface area contributed by atoms with Crippen LogP contribution >= 0.6 is 27.5 Å². The fraction of sp³-hybridized carbons (Fsp3) is 0.625. The second kappa shape index (κ2) is 7.66. The van der Waals surface area contributed by atoms with Gasteiger partial charge in [0.2, 0.25) is 0 Å². The largest absolute Gasteiger partial charge is 0.313 e. The van der Waals surface area contributed by atoms with Gasteiger partial charge < -0.3 is 5.32 Å². The minimum atomic E-state index is 0.792. The zero-order valence-electron chi connectivity index (χ0n) is 11.6. The lowest BCUT2D eigenvalue weighted by atomic mass is 9.81. The fourth-order valence-corrected chi connectivity index (χ4v) is 3.26. The van der Waals surface area contributed by atoms with Crippen molar-refractivity contribution in [1.29, 1.82) is 0 Å². The van der Waals surface area contributed by atoms with Crippen molar-refractivity contribution in [3.05, 3.63) is 33.3 Å². The molecule has 3 heteroatoms. The van der Waals surface area contributed by atoms with Gasteiger partial charge in [-0.05, 0) is 58.4 Å². The van der Waals surface area contributed by atoms with E-state index < -0.39 is 0 Å². The van der Waals surface area contributed by atoms with Crippen LogP contribution in [-0.2, 0) is 6.54 Å². The molecule has 0 unspecified atom stereocenters. The molecule has 106 valence electrons. The molecule has 1 N–H and O–H groups in total. The summed E-state index contributed by atoms with van der Waals surface area (Å²) in [6, 6.07) is 6.16. The molecule has 1 nitrogen and oxygen atoms in total. The van der Waals surface area contributed by atoms with Gasteiger partial charge in [0.1, 0.15) is 0 Å². The maximum atomic E-state index is 6.09. The summed E-state index contributed by atoms with van der Waals surface area (Å²) in [6.45, 7) is 4.41. The molecular formula is C16H23BrClN. The highest BCUT2D eigenvalue weighted by Crippen LogP contribution is 2.30. The zero-order valence-corrected chi connectivity index (χ0v) is 13.9. The van der Waals surface area contributed by atoms with Gasteiger partial charge in [-0.1, -0.05) is 50.3 Å². The summed E-state index contributed by atoms with van der Waals surface area (Å²) >= 11 is 9.50. The highest BCUT2D eigenvalue weighted by Gasteiger charge is 2.17. The van der Waals surface area contributed by atoms with Gasteiger partial charge in [0, 0.05) is 11.0 Å². The number of hydrogen-bond donors (Lipinski definition) is 1. The van der Waals surface area contributed by atoms with Gasteiger partial charge in [-0.25, -0.2) is 0 Å². The Morgan fingerprint density at radius 1 is 1.26 bits per heavy atom. The first-order valence-electron chi connectivity index (χ1n) is 7.30. The van der Waals surface area contributed by atoms with E-state index in [1.165, 1.54) is 37.7 Å². The number of benzene rings is 1. The summed E-state index contributed by atoms with van der Waals surface area (Å²) in [7, 11) is 0. The molecule has 0 atom stereocenters. The van der Waals surface area contributed by atoms with Crippen LogP contribution in [0, 0.1) is 11.8 Å². The first-order chi connectivity index (χ1) is 9.15. The van der Waals surface area contributed by atoms with E-state index in [0.29, 0.717) is 0 Å². The zero-order chi connectivity index (χ0) is 13.7. The normalized spacial score (nSPS) is 23.5. The van der Waals surface area contributed by atoms with Crippen LogP contribution in [-0.4, -0.2) is 6.54 Å². The first-order valence-corrected chi connectivity index (χ1v) is 8.47. The molecule has 1 aliphatic rings. The fourth-order valence-electron chi connectivity index (χ4n) is 2.81. The summed E-state index contributed by atoms with van der Waals surface area (Å²) in [6.07, 6.45) is 7.01. The predicted molar refractivity (Wildman–Crippen MR) is 86.6 cm³/mol. The average Bonchev–Trinajstić information content (AvgIpc) is 2.41. The molecule has 1 fully saturated rings. The molecule has 2 rings (SSSR count). The second-order valence-electron chi connectivity index (χ2n) is 5.84. The van der Waals surface area contributed by atoms with E-state index in [9.17, 15) is 0 Å². The Hall–Kier alpha value is -0.0500. The van der Waals surface area contributed by atoms with Crippen LogP contribution < -0.4 is 5.32 Å². The van der Waals surface area contributed by atoms with Gasteiger partial charge in [0.15, 0.2) is 0 Å². The van der Waals surface area contributed by atoms with Gasteiger partial charge in [-0.3, -0.25) is 0 Å². The van der Waals surface area contributed by atoms with E-state index >= 15 is 0 Å². The minimum Gasteiger partial charge on any atom is -0.313 e. The van der Waals surface area contributed by atoms with Crippen molar-refractivity contribution in [2.45, 2.75) is 45.6 Å². The Bertz CT molecular complexity index is 400. The Labute approximate surface area is 130 Å². The lowest BCUT2D eigenvalue weighted by Gasteiger charge is -2.26. The minimum absolute atomic E-state index is 0.792. The number of nitrogens with one attached hydrogen (secondary N) is 1. The summed E-state index contributed by atoms with van der Waals surface area (Å²) < 4.78 is 0.967. The first kappa shape index (κ1) is 15.3. The van der Waals surface area contributed by atoms with Gasteiger partial charge >= 0.3 is 0 Å². The summed E-state index contributed by atoms with van der Waals surface area (Å²) in [5.74, 6) is 1.89. The number of halogens is 2. The van der Waals surface area contributed by atoms with Crippen molar-refractivity contribution >= 4 is 27.5 Å². The van der Waals surface area contributed by atoms with E-state index in [1.807, 2.05) is 12.1 Å². The van der Waals surface area contributed by atoms with Crippen LogP contribution in [0.3, 0.4) is 0 Å². The van der Waals surface area contributed by atoms with Crippen molar-refractivity contribution < 1.29 is 0 Å². The molecule has 0 amide bonds. The molecule has 1 aliphatic carbocycles.